The van der Waals surface area contributed by atoms with Gasteiger partial charge >= 0.3 is 5.97 Å². The van der Waals surface area contributed by atoms with Gasteiger partial charge in [0.25, 0.3) is 0 Å². The highest BCUT2D eigenvalue weighted by atomic mass is 127. The van der Waals surface area contributed by atoms with E-state index in [0.29, 0.717) is 3.57 Å². The van der Waals surface area contributed by atoms with Crippen LogP contribution in [0.15, 0.2) is 23.1 Å². The van der Waals surface area contributed by atoms with E-state index in [1.807, 2.05) is 36.4 Å². The Balaban J connectivity index is 2.48. The number of hydrogen-bond donors (Lipinski definition) is 1. The number of carboxylic acid groups (broad SMARTS) is 1. The highest BCUT2D eigenvalue weighted by Crippen LogP contribution is 2.30. The first-order valence-corrected chi connectivity index (χ1v) is 9.33. The summed E-state index contributed by atoms with van der Waals surface area (Å²) in [5.41, 5.74) is 0.0222. The summed E-state index contributed by atoms with van der Waals surface area (Å²) in [7, 11) is -3.67. The second kappa shape index (κ2) is 6.21. The Morgan fingerprint density at radius 2 is 1.86 bits per heavy atom. The van der Waals surface area contributed by atoms with Crippen molar-refractivity contribution in [2.45, 2.75) is 50.1 Å². The molecule has 1 aliphatic rings. The largest absolute Gasteiger partial charge is 0.478 e. The lowest BCUT2D eigenvalue weighted by atomic mass is 10.0. The zero-order valence-corrected chi connectivity index (χ0v) is 14.9. The molecule has 0 aromatic heterocycles. The van der Waals surface area contributed by atoms with E-state index in [0.717, 1.165) is 19.3 Å². The van der Waals surface area contributed by atoms with Gasteiger partial charge in [-0.05, 0) is 67.5 Å². The van der Waals surface area contributed by atoms with Gasteiger partial charge in [0.15, 0.2) is 0 Å². The fraction of sp³-hybridized carbons (Fsp3) is 0.500. The van der Waals surface area contributed by atoms with Crippen molar-refractivity contribution in [2.75, 3.05) is 0 Å². The Bertz CT molecular complexity index is 649. The van der Waals surface area contributed by atoms with Gasteiger partial charge in [0.1, 0.15) is 0 Å². The Kier molecular flexibility index (Phi) is 4.94. The molecule has 1 saturated heterocycles. The van der Waals surface area contributed by atoms with Crippen LogP contribution in [0.4, 0.5) is 0 Å². The number of halogens is 1. The maximum atomic E-state index is 12.8. The second-order valence-electron chi connectivity index (χ2n) is 5.41. The molecule has 1 aromatic rings. The van der Waals surface area contributed by atoms with Crippen LogP contribution < -0.4 is 0 Å². The van der Waals surface area contributed by atoms with Crippen LogP contribution in [0.1, 0.15) is 43.5 Å². The van der Waals surface area contributed by atoms with Gasteiger partial charge in [0, 0.05) is 15.7 Å². The Hall–Kier alpha value is -0.670. The summed E-state index contributed by atoms with van der Waals surface area (Å²) in [6.45, 7) is 3.80. The summed E-state index contributed by atoms with van der Waals surface area (Å²) >= 11 is 1.89. The lowest BCUT2D eigenvalue weighted by Gasteiger charge is -2.37. The molecule has 0 bridgehead atoms. The molecule has 2 atom stereocenters. The molecule has 5 nitrogen and oxygen atoms in total. The van der Waals surface area contributed by atoms with Crippen molar-refractivity contribution in [2.24, 2.45) is 0 Å². The summed E-state index contributed by atoms with van der Waals surface area (Å²) < 4.78 is 27.7. The van der Waals surface area contributed by atoms with Crippen LogP contribution in [0.25, 0.3) is 0 Å². The molecular formula is C14H18INO4S. The number of carbonyl (C=O) groups is 1. The summed E-state index contributed by atoms with van der Waals surface area (Å²) in [5, 5.41) is 9.16. The second-order valence-corrected chi connectivity index (χ2v) is 8.42. The lowest BCUT2D eigenvalue weighted by Crippen LogP contribution is -2.47. The SMILES string of the molecule is CC1CCCC(C)N1S(=O)(=O)c1ccc(I)c(C(=O)O)c1. The molecule has 7 heteroatoms. The van der Waals surface area contributed by atoms with Crippen molar-refractivity contribution in [3.05, 3.63) is 27.3 Å². The third-order valence-electron chi connectivity index (χ3n) is 3.86. The van der Waals surface area contributed by atoms with Crippen molar-refractivity contribution >= 4 is 38.6 Å². The monoisotopic (exact) mass is 423 g/mol. The number of carboxylic acids is 1. The minimum atomic E-state index is -3.67. The molecule has 0 saturated carbocycles. The number of benzene rings is 1. The molecule has 0 amide bonds. The van der Waals surface area contributed by atoms with E-state index in [1.54, 1.807) is 0 Å². The molecule has 1 aromatic carbocycles. The van der Waals surface area contributed by atoms with E-state index in [9.17, 15) is 13.2 Å². The first kappa shape index (κ1) is 16.7. The minimum Gasteiger partial charge on any atom is -0.478 e. The average molecular weight is 423 g/mol. The van der Waals surface area contributed by atoms with Crippen molar-refractivity contribution < 1.29 is 18.3 Å². The number of sulfonamides is 1. The van der Waals surface area contributed by atoms with Crippen molar-refractivity contribution in [1.29, 1.82) is 0 Å². The fourth-order valence-corrected chi connectivity index (χ4v) is 5.30. The van der Waals surface area contributed by atoms with Crippen molar-refractivity contribution in [3.63, 3.8) is 0 Å². The first-order valence-electron chi connectivity index (χ1n) is 6.81. The normalized spacial score (nSPS) is 24.0. The van der Waals surface area contributed by atoms with Crippen molar-refractivity contribution in [3.8, 4) is 0 Å². The van der Waals surface area contributed by atoms with E-state index in [1.165, 1.54) is 22.5 Å². The van der Waals surface area contributed by atoms with Gasteiger partial charge in [-0.1, -0.05) is 6.42 Å². The van der Waals surface area contributed by atoms with Crippen LogP contribution in [-0.4, -0.2) is 35.9 Å². The maximum Gasteiger partial charge on any atom is 0.336 e. The van der Waals surface area contributed by atoms with Gasteiger partial charge in [0.2, 0.25) is 10.0 Å². The highest BCUT2D eigenvalue weighted by Gasteiger charge is 2.36. The molecule has 1 fully saturated rings. The number of aromatic carboxylic acids is 1. The maximum absolute atomic E-state index is 12.8. The molecule has 1 aliphatic heterocycles. The third-order valence-corrected chi connectivity index (χ3v) is 6.92. The molecular weight excluding hydrogens is 405 g/mol. The standard InChI is InChI=1S/C14H18INO4S/c1-9-4-3-5-10(2)16(9)21(19,20)11-6-7-13(15)12(8-11)14(17)18/h6-10H,3-5H2,1-2H3,(H,17,18). The van der Waals surface area contributed by atoms with Crippen LogP contribution in [0.5, 0.6) is 0 Å². The molecule has 2 unspecified atom stereocenters. The summed E-state index contributed by atoms with van der Waals surface area (Å²) in [6.07, 6.45) is 2.68. The van der Waals surface area contributed by atoms with Gasteiger partial charge in [-0.3, -0.25) is 0 Å². The molecule has 21 heavy (non-hydrogen) atoms. The van der Waals surface area contributed by atoms with Crippen LogP contribution in [-0.2, 0) is 10.0 Å². The zero-order chi connectivity index (χ0) is 15.8. The van der Waals surface area contributed by atoms with Crippen LogP contribution in [0.3, 0.4) is 0 Å². The molecule has 0 aliphatic carbocycles. The molecule has 0 radical (unpaired) electrons. The van der Waals surface area contributed by atoms with Crippen molar-refractivity contribution in [1.82, 2.24) is 4.31 Å². The van der Waals surface area contributed by atoms with E-state index >= 15 is 0 Å². The average Bonchev–Trinajstić information content (AvgIpc) is 2.38. The predicted octanol–water partition coefficient (Wildman–Crippen LogP) is 2.94. The van der Waals surface area contributed by atoms with Crippen LogP contribution in [0, 0.1) is 3.57 Å². The smallest absolute Gasteiger partial charge is 0.336 e. The molecule has 1 N–H and O–H groups in total. The number of piperidine rings is 1. The Morgan fingerprint density at radius 3 is 2.38 bits per heavy atom. The highest BCUT2D eigenvalue weighted by molar-refractivity contribution is 14.1. The minimum absolute atomic E-state index is 0.0222. The number of nitrogens with zero attached hydrogens (tertiary/aromatic N) is 1. The first-order chi connectivity index (χ1) is 9.75. The lowest BCUT2D eigenvalue weighted by molar-refractivity contribution is 0.0695. The molecule has 2 rings (SSSR count). The number of hydrogen-bond acceptors (Lipinski definition) is 3. The molecule has 0 spiro atoms. The van der Waals surface area contributed by atoms with E-state index in [2.05, 4.69) is 0 Å². The van der Waals surface area contributed by atoms with Crippen LogP contribution >= 0.6 is 22.6 Å². The van der Waals surface area contributed by atoms with Gasteiger partial charge in [-0.15, -0.1) is 0 Å². The van der Waals surface area contributed by atoms with Gasteiger partial charge in [-0.25, -0.2) is 13.2 Å². The quantitative estimate of drug-likeness (QED) is 0.759. The van der Waals surface area contributed by atoms with Gasteiger partial charge in [-0.2, -0.15) is 4.31 Å². The third kappa shape index (κ3) is 3.24. The van der Waals surface area contributed by atoms with Gasteiger partial charge in [0.05, 0.1) is 10.5 Å². The molecule has 1 heterocycles. The fourth-order valence-electron chi connectivity index (χ4n) is 2.82. The summed E-state index contributed by atoms with van der Waals surface area (Å²) in [6, 6.07) is 4.15. The van der Waals surface area contributed by atoms with Crippen LogP contribution in [0.2, 0.25) is 0 Å². The topological polar surface area (TPSA) is 74.7 Å². The predicted molar refractivity (Wildman–Crippen MR) is 87.9 cm³/mol. The van der Waals surface area contributed by atoms with Gasteiger partial charge < -0.3 is 5.11 Å². The number of rotatable bonds is 3. The summed E-state index contributed by atoms with van der Waals surface area (Å²) in [4.78, 5) is 11.2. The molecule has 116 valence electrons. The Labute approximate surface area is 138 Å². The van der Waals surface area contributed by atoms with E-state index < -0.39 is 16.0 Å². The Morgan fingerprint density at radius 1 is 1.29 bits per heavy atom. The summed E-state index contributed by atoms with van der Waals surface area (Å²) in [5.74, 6) is -1.11. The zero-order valence-electron chi connectivity index (χ0n) is 11.9. The van der Waals surface area contributed by atoms with E-state index in [-0.39, 0.29) is 22.5 Å². The van der Waals surface area contributed by atoms with E-state index in [4.69, 9.17) is 5.11 Å².